The second kappa shape index (κ2) is 4.96. The monoisotopic (exact) mass is 272 g/mol. The number of anilines is 1. The normalized spacial score (nSPS) is 10.5. The van der Waals surface area contributed by atoms with Gasteiger partial charge in [-0.3, -0.25) is 5.10 Å². The van der Waals surface area contributed by atoms with E-state index in [0.717, 1.165) is 5.69 Å². The van der Waals surface area contributed by atoms with E-state index in [2.05, 4.69) is 35.6 Å². The molecule has 0 aromatic carbocycles. The summed E-state index contributed by atoms with van der Waals surface area (Å²) >= 11 is 0. The highest BCUT2D eigenvalue weighted by Crippen LogP contribution is 2.17. The molecule has 3 aromatic heterocycles. The highest BCUT2D eigenvalue weighted by molar-refractivity contribution is 5.30. The van der Waals surface area contributed by atoms with E-state index < -0.39 is 0 Å². The van der Waals surface area contributed by atoms with Crippen LogP contribution >= 0.6 is 0 Å². The van der Waals surface area contributed by atoms with Crippen molar-refractivity contribution in [2.24, 2.45) is 0 Å². The fraction of sp³-hybridized carbons (Fsp3) is 0.182. The van der Waals surface area contributed by atoms with Crippen molar-refractivity contribution in [1.82, 2.24) is 34.9 Å². The van der Waals surface area contributed by atoms with Gasteiger partial charge in [-0.25, -0.2) is 4.68 Å². The van der Waals surface area contributed by atoms with E-state index in [9.17, 15) is 0 Å². The number of aromatic amines is 1. The molecule has 0 aliphatic rings. The molecule has 3 heterocycles. The highest BCUT2D eigenvalue weighted by atomic mass is 16.5. The lowest BCUT2D eigenvalue weighted by atomic mass is 10.5. The Morgan fingerprint density at radius 2 is 2.20 bits per heavy atom. The average Bonchev–Trinajstić information content (AvgIpc) is 3.10. The van der Waals surface area contributed by atoms with Gasteiger partial charge in [-0.2, -0.15) is 20.1 Å². The molecule has 0 fully saturated rings. The number of hydrogen-bond donors (Lipinski definition) is 2. The molecule has 0 radical (unpaired) electrons. The molecule has 2 N–H and O–H groups in total. The van der Waals surface area contributed by atoms with E-state index in [0.29, 0.717) is 17.8 Å². The Kier molecular flexibility index (Phi) is 2.99. The summed E-state index contributed by atoms with van der Waals surface area (Å²) in [6.45, 7) is 1.88. The van der Waals surface area contributed by atoms with Gasteiger partial charge in [0.15, 0.2) is 0 Å². The van der Waals surface area contributed by atoms with Crippen LogP contribution in [0.2, 0.25) is 0 Å². The fourth-order valence-electron chi connectivity index (χ4n) is 1.53. The Balaban J connectivity index is 1.96. The first-order valence-corrected chi connectivity index (χ1v) is 5.88. The van der Waals surface area contributed by atoms with E-state index >= 15 is 0 Å². The van der Waals surface area contributed by atoms with Crippen LogP contribution in [0.25, 0.3) is 5.95 Å². The van der Waals surface area contributed by atoms with Crippen LogP contribution < -0.4 is 10.1 Å². The van der Waals surface area contributed by atoms with Crippen molar-refractivity contribution in [2.45, 2.75) is 6.92 Å². The van der Waals surface area contributed by atoms with Gasteiger partial charge in [0, 0.05) is 31.2 Å². The molecular formula is C11H12N8O. The second-order valence-corrected chi connectivity index (χ2v) is 3.93. The molecule has 0 unspecified atom stereocenters. The number of rotatable bonds is 4. The van der Waals surface area contributed by atoms with Gasteiger partial charge < -0.3 is 10.1 Å². The average molecular weight is 272 g/mol. The van der Waals surface area contributed by atoms with E-state index in [1.54, 1.807) is 31.6 Å². The molecule has 0 atom stereocenters. The number of nitrogens with one attached hydrogen (secondary N) is 2. The first-order valence-electron chi connectivity index (χ1n) is 5.88. The fourth-order valence-corrected chi connectivity index (χ4v) is 1.53. The molecule has 0 aliphatic heterocycles. The quantitative estimate of drug-likeness (QED) is 0.727. The van der Waals surface area contributed by atoms with Gasteiger partial charge >= 0.3 is 6.01 Å². The van der Waals surface area contributed by atoms with Gasteiger partial charge in [0.1, 0.15) is 0 Å². The van der Waals surface area contributed by atoms with Gasteiger partial charge in [0.2, 0.25) is 11.8 Å². The van der Waals surface area contributed by atoms with Gasteiger partial charge in [-0.05, 0) is 13.0 Å². The predicted octanol–water partition coefficient (Wildman–Crippen LogP) is 0.923. The smallest absolute Gasteiger partial charge is 0.330 e. The second-order valence-electron chi connectivity index (χ2n) is 3.93. The summed E-state index contributed by atoms with van der Waals surface area (Å²) in [5.41, 5.74) is 0.884. The highest BCUT2D eigenvalue weighted by Gasteiger charge is 2.10. The van der Waals surface area contributed by atoms with Crippen LogP contribution in [0.3, 0.4) is 0 Å². The van der Waals surface area contributed by atoms with Gasteiger partial charge in [0.05, 0.1) is 0 Å². The molecule has 20 heavy (non-hydrogen) atoms. The van der Waals surface area contributed by atoms with Crippen molar-refractivity contribution in [3.05, 3.63) is 30.2 Å². The maximum Gasteiger partial charge on any atom is 0.330 e. The van der Waals surface area contributed by atoms with Crippen molar-refractivity contribution in [3.63, 3.8) is 0 Å². The van der Waals surface area contributed by atoms with Crippen molar-refractivity contribution in [2.75, 3.05) is 12.4 Å². The van der Waals surface area contributed by atoms with E-state index in [1.807, 2.05) is 6.92 Å². The van der Waals surface area contributed by atoms with Crippen LogP contribution in [0, 0.1) is 6.92 Å². The first-order chi connectivity index (χ1) is 9.74. The molecule has 102 valence electrons. The van der Waals surface area contributed by atoms with Crippen LogP contribution in [-0.2, 0) is 0 Å². The number of nitrogens with zero attached hydrogens (tertiary/aromatic N) is 6. The minimum Gasteiger partial charge on any atom is -0.403 e. The standard InChI is InChI=1S/C11H12N8O/c1-7-6-8(18-17-7)20-11-15-9(12-2)14-10(16-11)19-5-3-4-13-19/h3-6H,1-2H3,(H,17,18)(H,12,14,15,16). The Morgan fingerprint density at radius 1 is 1.30 bits per heavy atom. The SMILES string of the molecule is CNc1nc(Oc2cc(C)[nH]n2)nc(-n2cccn2)n1. The number of H-pyrrole nitrogens is 1. The molecule has 0 aliphatic carbocycles. The minimum absolute atomic E-state index is 0.140. The summed E-state index contributed by atoms with van der Waals surface area (Å²) in [7, 11) is 1.71. The molecular weight excluding hydrogens is 260 g/mol. The molecule has 3 rings (SSSR count). The van der Waals surface area contributed by atoms with Crippen molar-refractivity contribution in [1.29, 1.82) is 0 Å². The molecule has 0 amide bonds. The van der Waals surface area contributed by atoms with Crippen LogP contribution in [0.1, 0.15) is 5.69 Å². The zero-order chi connectivity index (χ0) is 13.9. The van der Waals surface area contributed by atoms with Crippen molar-refractivity contribution in [3.8, 4) is 17.8 Å². The molecule has 9 heteroatoms. The summed E-state index contributed by atoms with van der Waals surface area (Å²) in [5, 5.41) is 13.7. The third-order valence-electron chi connectivity index (χ3n) is 2.41. The van der Waals surface area contributed by atoms with E-state index in [-0.39, 0.29) is 6.01 Å². The summed E-state index contributed by atoms with van der Waals surface area (Å²) in [5.74, 6) is 1.13. The van der Waals surface area contributed by atoms with Crippen molar-refractivity contribution >= 4 is 5.95 Å². The molecule has 0 spiro atoms. The maximum atomic E-state index is 5.49. The van der Waals surface area contributed by atoms with Gasteiger partial charge in [0.25, 0.3) is 5.95 Å². The molecule has 0 bridgehead atoms. The summed E-state index contributed by atoms with van der Waals surface area (Å²) in [4.78, 5) is 12.5. The zero-order valence-corrected chi connectivity index (χ0v) is 10.9. The minimum atomic E-state index is 0.140. The largest absolute Gasteiger partial charge is 0.403 e. The first kappa shape index (κ1) is 12.1. The van der Waals surface area contributed by atoms with Crippen LogP contribution in [-0.4, -0.2) is 42.0 Å². The Morgan fingerprint density at radius 3 is 2.85 bits per heavy atom. The predicted molar refractivity (Wildman–Crippen MR) is 69.9 cm³/mol. The van der Waals surface area contributed by atoms with Crippen LogP contribution in [0.15, 0.2) is 24.5 Å². The Labute approximate surface area is 114 Å². The molecule has 0 saturated carbocycles. The summed E-state index contributed by atoms with van der Waals surface area (Å²) in [6.07, 6.45) is 3.37. The lowest BCUT2D eigenvalue weighted by molar-refractivity contribution is 0.421. The Bertz CT molecular complexity index is 705. The summed E-state index contributed by atoms with van der Waals surface area (Å²) in [6, 6.07) is 3.66. The molecule has 0 saturated heterocycles. The van der Waals surface area contributed by atoms with Crippen LogP contribution in [0.4, 0.5) is 5.95 Å². The third-order valence-corrected chi connectivity index (χ3v) is 2.41. The van der Waals surface area contributed by atoms with E-state index in [4.69, 9.17) is 4.74 Å². The van der Waals surface area contributed by atoms with Gasteiger partial charge in [-0.15, -0.1) is 5.10 Å². The maximum absolute atomic E-state index is 5.49. The zero-order valence-electron chi connectivity index (χ0n) is 10.9. The summed E-state index contributed by atoms with van der Waals surface area (Å²) < 4.78 is 7.01. The lowest BCUT2D eigenvalue weighted by Gasteiger charge is -2.05. The number of aryl methyl sites for hydroxylation is 1. The van der Waals surface area contributed by atoms with Crippen molar-refractivity contribution < 1.29 is 4.74 Å². The lowest BCUT2D eigenvalue weighted by Crippen LogP contribution is -2.08. The number of hydrogen-bond acceptors (Lipinski definition) is 7. The Hall–Kier alpha value is -2.97. The van der Waals surface area contributed by atoms with E-state index in [1.165, 1.54) is 4.68 Å². The third kappa shape index (κ3) is 2.41. The van der Waals surface area contributed by atoms with Gasteiger partial charge in [-0.1, -0.05) is 0 Å². The molecule has 3 aromatic rings. The number of ether oxygens (including phenoxy) is 1. The van der Waals surface area contributed by atoms with Crippen LogP contribution in [0.5, 0.6) is 11.9 Å². The topological polar surface area (TPSA) is 106 Å². The number of aromatic nitrogens is 7. The molecule has 9 nitrogen and oxygen atoms in total.